The summed E-state index contributed by atoms with van der Waals surface area (Å²) in [4.78, 5) is 73.6. The fraction of sp³-hybridized carbons (Fsp3) is 0.200. The van der Waals surface area contributed by atoms with E-state index in [1.54, 1.807) is 99.1 Å². The number of carbonyl (C=O) groups excluding carboxylic acids is 2. The SMILES string of the molecule is COc1ccc(C(OC[C@H]2O[C@@H](n3ccc(NC(=O)c4ccccc4)nc3=O)C[C@@H]2OP(=O)(OC[C@H]2O[C@@H](n3ccc(NC(=O)c4ccccc4)nc3=O)C[C@@H]2OP(=O)(O)Oc2ccc(Cl)cc2)Oc2ccc(Cl)cc2)(c2ccccc2)c2ccc(OC)cc2)cc1. The zero-order chi connectivity index (χ0) is 64.4. The van der Waals surface area contributed by atoms with Crippen molar-refractivity contribution in [2.45, 2.75) is 55.3 Å². The third-order valence-electron chi connectivity index (χ3n) is 14.8. The number of hydrogen-bond acceptors (Lipinski definition) is 18. The Bertz CT molecular complexity index is 4190. The van der Waals surface area contributed by atoms with Crippen LogP contribution in [0.3, 0.4) is 0 Å². The van der Waals surface area contributed by atoms with Gasteiger partial charge in [-0.25, -0.2) is 18.7 Å². The van der Waals surface area contributed by atoms with Crippen molar-refractivity contribution in [2.75, 3.05) is 38.1 Å². The van der Waals surface area contributed by atoms with Crippen molar-refractivity contribution in [1.29, 1.82) is 0 Å². The van der Waals surface area contributed by atoms with Crippen LogP contribution in [0.25, 0.3) is 0 Å². The molecule has 2 aliphatic rings. The van der Waals surface area contributed by atoms with Crippen molar-refractivity contribution in [3.05, 3.63) is 271 Å². The number of anilines is 2. The largest absolute Gasteiger partial charge is 0.530 e. The van der Waals surface area contributed by atoms with Crippen LogP contribution < -0.4 is 40.5 Å². The molecule has 0 spiro atoms. The summed E-state index contributed by atoms with van der Waals surface area (Å²) >= 11 is 12.4. The number of nitrogens with zero attached hydrogens (tertiary/aromatic N) is 4. The van der Waals surface area contributed by atoms with Crippen LogP contribution in [0.1, 0.15) is 62.7 Å². The number of rotatable bonds is 25. The van der Waals surface area contributed by atoms with Gasteiger partial charge in [0.2, 0.25) is 0 Å². The lowest BCUT2D eigenvalue weighted by Crippen LogP contribution is -2.38. The maximum atomic E-state index is 15.9. The molecule has 2 unspecified atom stereocenters. The molecule has 474 valence electrons. The molecule has 9 aromatic rings. The molecule has 2 aliphatic heterocycles. The molecule has 2 amide bonds. The highest BCUT2D eigenvalue weighted by Crippen LogP contribution is 2.55. The number of methoxy groups -OCH3 is 2. The second-order valence-corrected chi connectivity index (χ2v) is 24.5. The lowest BCUT2D eigenvalue weighted by molar-refractivity contribution is -0.0948. The average Bonchev–Trinajstić information content (AvgIpc) is 0.852. The first kappa shape index (κ1) is 64.7. The van der Waals surface area contributed by atoms with Crippen molar-refractivity contribution < 1.29 is 69.9 Å². The first-order chi connectivity index (χ1) is 44.4. The summed E-state index contributed by atoms with van der Waals surface area (Å²) in [5, 5.41) is 5.86. The topological polar surface area (TPSA) is 275 Å². The lowest BCUT2D eigenvalue weighted by atomic mass is 9.80. The number of phosphoric acid groups is 2. The Labute approximate surface area is 536 Å². The first-order valence-corrected chi connectivity index (χ1v) is 32.2. The number of carbonyl (C=O) groups is 2. The van der Waals surface area contributed by atoms with Gasteiger partial charge in [-0.3, -0.25) is 37.2 Å². The van der Waals surface area contributed by atoms with E-state index in [9.17, 15) is 28.6 Å². The normalized spacial score (nSPS) is 19.2. The highest BCUT2D eigenvalue weighted by Gasteiger charge is 2.49. The number of halogens is 2. The van der Waals surface area contributed by atoms with Gasteiger partial charge in [-0.2, -0.15) is 9.97 Å². The second-order valence-electron chi connectivity index (χ2n) is 20.8. The van der Waals surface area contributed by atoms with Crippen LogP contribution in [0.15, 0.2) is 222 Å². The third-order valence-corrected chi connectivity index (χ3v) is 17.7. The fourth-order valence-corrected chi connectivity index (χ4v) is 13.0. The predicted octanol–water partition coefficient (Wildman–Crippen LogP) is 12.1. The summed E-state index contributed by atoms with van der Waals surface area (Å²) in [6.45, 7) is -1.15. The highest BCUT2D eigenvalue weighted by atomic mass is 35.5. The van der Waals surface area contributed by atoms with Crippen molar-refractivity contribution in [3.8, 4) is 23.0 Å². The summed E-state index contributed by atoms with van der Waals surface area (Å²) < 4.78 is 93.9. The first-order valence-electron chi connectivity index (χ1n) is 28.5. The van der Waals surface area contributed by atoms with E-state index in [1.807, 2.05) is 54.6 Å². The zero-order valence-corrected chi connectivity index (χ0v) is 52.2. The summed E-state index contributed by atoms with van der Waals surface area (Å²) in [5.74, 6) is -0.171. The van der Waals surface area contributed by atoms with Crippen molar-refractivity contribution in [1.82, 2.24) is 19.1 Å². The van der Waals surface area contributed by atoms with E-state index >= 15 is 4.57 Å². The molecule has 0 bridgehead atoms. The van der Waals surface area contributed by atoms with Gasteiger partial charge in [0.25, 0.3) is 11.8 Å². The van der Waals surface area contributed by atoms with E-state index < -0.39 is 87.9 Å². The molecule has 0 radical (unpaired) electrons. The molecule has 4 heterocycles. The Morgan fingerprint density at radius 2 is 0.946 bits per heavy atom. The highest BCUT2D eigenvalue weighted by molar-refractivity contribution is 7.49. The van der Waals surface area contributed by atoms with Crippen LogP contribution in [0.2, 0.25) is 10.0 Å². The van der Waals surface area contributed by atoms with Crippen LogP contribution in [0.5, 0.6) is 23.0 Å². The van der Waals surface area contributed by atoms with Gasteiger partial charge in [0.1, 0.15) is 77.1 Å². The van der Waals surface area contributed by atoms with E-state index in [0.29, 0.717) is 49.4 Å². The molecule has 2 aromatic heterocycles. The van der Waals surface area contributed by atoms with Crippen LogP contribution in [0.4, 0.5) is 11.6 Å². The minimum Gasteiger partial charge on any atom is -0.497 e. The molecule has 2 fully saturated rings. The van der Waals surface area contributed by atoms with E-state index in [-0.39, 0.29) is 42.6 Å². The quantitative estimate of drug-likeness (QED) is 0.0354. The molecule has 0 saturated carbocycles. The van der Waals surface area contributed by atoms with E-state index in [4.69, 9.17) is 69.5 Å². The molecule has 92 heavy (non-hydrogen) atoms. The molecule has 0 aliphatic carbocycles. The van der Waals surface area contributed by atoms with Gasteiger partial charge in [-0.05, 0) is 126 Å². The molecule has 8 atom stereocenters. The Balaban J connectivity index is 0.940. The Kier molecular flexibility index (Phi) is 20.3. The van der Waals surface area contributed by atoms with E-state index in [1.165, 1.54) is 77.6 Å². The number of ether oxygens (including phenoxy) is 5. The van der Waals surface area contributed by atoms with Crippen molar-refractivity contribution in [3.63, 3.8) is 0 Å². The maximum absolute atomic E-state index is 15.9. The Hall–Kier alpha value is -8.80. The number of aromatic nitrogens is 4. The molecule has 23 nitrogen and oxygen atoms in total. The van der Waals surface area contributed by atoms with E-state index in [2.05, 4.69) is 20.6 Å². The van der Waals surface area contributed by atoms with Crippen molar-refractivity contribution >= 4 is 62.3 Å². The van der Waals surface area contributed by atoms with Crippen LogP contribution in [0, 0.1) is 0 Å². The van der Waals surface area contributed by atoms with Gasteiger partial charge in [0, 0.05) is 46.4 Å². The molecule has 7 aromatic carbocycles. The summed E-state index contributed by atoms with van der Waals surface area (Å²) in [7, 11) is -7.09. The molecule has 3 N–H and O–H groups in total. The van der Waals surface area contributed by atoms with Gasteiger partial charge in [-0.1, -0.05) is 114 Å². The van der Waals surface area contributed by atoms with Crippen LogP contribution in [-0.2, 0) is 42.5 Å². The minimum absolute atomic E-state index is 0.0510. The second kappa shape index (κ2) is 28.8. The molecular formula is C65H58Cl2N6O17P2. The van der Waals surface area contributed by atoms with Crippen LogP contribution >= 0.6 is 38.8 Å². The van der Waals surface area contributed by atoms with Crippen molar-refractivity contribution in [2.24, 2.45) is 0 Å². The monoisotopic (exact) mass is 1330 g/mol. The number of hydrogen-bond donors (Lipinski definition) is 3. The van der Waals surface area contributed by atoms with Gasteiger partial charge >= 0.3 is 27.0 Å². The lowest BCUT2D eigenvalue weighted by Gasteiger charge is -2.37. The van der Waals surface area contributed by atoms with Gasteiger partial charge in [0.15, 0.2) is 0 Å². The van der Waals surface area contributed by atoms with Gasteiger partial charge in [0.05, 0.1) is 27.4 Å². The van der Waals surface area contributed by atoms with Crippen LogP contribution in [-0.4, -0.2) is 87.7 Å². The fourth-order valence-electron chi connectivity index (χ4n) is 10.4. The number of benzene rings is 7. The Morgan fingerprint density at radius 3 is 1.39 bits per heavy atom. The minimum atomic E-state index is -5.11. The standard InChI is InChI=1S/C65H58Cl2N6O17P2/c1-81-49-26-18-45(19-27-49)65(44-16-10-5-11-17-44,46-20-28-50(82-2)29-21-46)83-40-55-54(39-60(85-55)73-37-35-58(71-64(73)77)69-62(75)43-14-8-4-9-15-43)90-92(80,88-52-32-24-48(67)25-33-52)84-41-56-53(89-91(78,79)87-51-30-22-47(66)23-31-51)38-59(86-56)72-36-34-57(70-63(72)76)68-61(74)42-12-6-3-7-13-42/h3-37,53-56,59-60H,38-41H2,1-2H3,(H,78,79)(H,68,70,74,76)(H,69,71,75,77)/t53-,54-,55+,56+,59+,60+,92?/m0/s1. The summed E-state index contributed by atoms with van der Waals surface area (Å²) in [5.41, 5.74) is -0.560. The van der Waals surface area contributed by atoms with Gasteiger partial charge in [-0.15, -0.1) is 0 Å². The number of nitrogens with one attached hydrogen (secondary N) is 2. The number of phosphoric ester groups is 2. The molecule has 2 saturated heterocycles. The summed E-state index contributed by atoms with van der Waals surface area (Å²) in [6.07, 6.45) is -5.96. The maximum Gasteiger partial charge on any atom is 0.530 e. The zero-order valence-electron chi connectivity index (χ0n) is 48.9. The van der Waals surface area contributed by atoms with Gasteiger partial charge < -0.3 is 43.4 Å². The predicted molar refractivity (Wildman–Crippen MR) is 338 cm³/mol. The molecule has 11 rings (SSSR count). The smallest absolute Gasteiger partial charge is 0.497 e. The molecule has 27 heteroatoms. The Morgan fingerprint density at radius 1 is 0.543 bits per heavy atom. The number of amides is 2. The third kappa shape index (κ3) is 15.6. The summed E-state index contributed by atoms with van der Waals surface area (Å²) in [6, 6.07) is 54.7. The average molecular weight is 1330 g/mol. The van der Waals surface area contributed by atoms with E-state index in [0.717, 1.165) is 4.57 Å². The molecular weight excluding hydrogens is 1270 g/mol.